The van der Waals surface area contributed by atoms with Gasteiger partial charge in [-0.2, -0.15) is 0 Å². The Morgan fingerprint density at radius 2 is 1.89 bits per heavy atom. The van der Waals surface area contributed by atoms with E-state index >= 15 is 0 Å². The molecular formula is C21H18F2N4O. The lowest BCUT2D eigenvalue weighted by Gasteiger charge is -2.26. The third kappa shape index (κ3) is 3.43. The summed E-state index contributed by atoms with van der Waals surface area (Å²) in [5, 5.41) is 0. The van der Waals surface area contributed by atoms with Crippen LogP contribution >= 0.6 is 0 Å². The maximum Gasteiger partial charge on any atom is 0.254 e. The number of benzene rings is 2. The van der Waals surface area contributed by atoms with E-state index < -0.39 is 5.82 Å². The number of likely N-dealkylation sites (tertiary alicyclic amines) is 1. The van der Waals surface area contributed by atoms with Gasteiger partial charge < -0.3 is 10.6 Å². The van der Waals surface area contributed by atoms with Crippen molar-refractivity contribution >= 4 is 11.9 Å². The Hall–Kier alpha value is -3.35. The summed E-state index contributed by atoms with van der Waals surface area (Å²) in [6.07, 6.45) is 3.06. The van der Waals surface area contributed by atoms with Crippen molar-refractivity contribution in [1.82, 2.24) is 14.9 Å². The van der Waals surface area contributed by atoms with Gasteiger partial charge in [-0.15, -0.1) is 0 Å². The molecule has 0 radical (unpaired) electrons. The maximum atomic E-state index is 13.7. The summed E-state index contributed by atoms with van der Waals surface area (Å²) >= 11 is 0. The van der Waals surface area contributed by atoms with E-state index in [1.54, 1.807) is 23.2 Å². The van der Waals surface area contributed by atoms with Gasteiger partial charge in [0.2, 0.25) is 5.95 Å². The minimum Gasteiger partial charge on any atom is -0.368 e. The third-order valence-electron chi connectivity index (χ3n) is 4.89. The van der Waals surface area contributed by atoms with Crippen LogP contribution in [0.4, 0.5) is 14.7 Å². The van der Waals surface area contributed by atoms with Crippen LogP contribution in [-0.2, 0) is 0 Å². The highest BCUT2D eigenvalue weighted by molar-refractivity contribution is 5.94. The molecule has 142 valence electrons. The molecule has 0 aliphatic carbocycles. The smallest absolute Gasteiger partial charge is 0.254 e. The first-order chi connectivity index (χ1) is 13.5. The Labute approximate surface area is 160 Å². The third-order valence-corrected chi connectivity index (χ3v) is 4.89. The highest BCUT2D eigenvalue weighted by Crippen LogP contribution is 2.37. The van der Waals surface area contributed by atoms with Crippen molar-refractivity contribution in [1.29, 1.82) is 0 Å². The molecule has 3 aromatic rings. The predicted octanol–water partition coefficient (Wildman–Crippen LogP) is 3.98. The number of halogens is 2. The molecule has 2 aromatic carbocycles. The normalized spacial score (nSPS) is 16.4. The summed E-state index contributed by atoms with van der Waals surface area (Å²) in [6, 6.07) is 11.3. The van der Waals surface area contributed by atoms with Gasteiger partial charge in [0.1, 0.15) is 11.6 Å². The van der Waals surface area contributed by atoms with Gasteiger partial charge in [-0.3, -0.25) is 4.79 Å². The zero-order chi connectivity index (χ0) is 19.7. The van der Waals surface area contributed by atoms with Crippen LogP contribution in [0.25, 0.3) is 11.1 Å². The van der Waals surface area contributed by atoms with Crippen LogP contribution < -0.4 is 5.73 Å². The fraction of sp³-hybridized carbons (Fsp3) is 0.190. The maximum absolute atomic E-state index is 13.7. The molecule has 1 aliphatic heterocycles. The summed E-state index contributed by atoms with van der Waals surface area (Å²) < 4.78 is 26.9. The van der Waals surface area contributed by atoms with Crippen LogP contribution in [0.2, 0.25) is 0 Å². The molecule has 1 saturated heterocycles. The first kappa shape index (κ1) is 18.0. The molecule has 1 aliphatic rings. The largest absolute Gasteiger partial charge is 0.368 e. The van der Waals surface area contributed by atoms with Gasteiger partial charge in [0.15, 0.2) is 0 Å². The molecule has 2 heterocycles. The number of nitrogens with two attached hydrogens (primary N) is 1. The van der Waals surface area contributed by atoms with Gasteiger partial charge in [-0.05, 0) is 54.8 Å². The second-order valence-electron chi connectivity index (χ2n) is 6.70. The zero-order valence-corrected chi connectivity index (χ0v) is 15.0. The van der Waals surface area contributed by atoms with E-state index in [-0.39, 0.29) is 23.7 Å². The Morgan fingerprint density at radius 3 is 2.64 bits per heavy atom. The number of carbonyl (C=O) groups is 1. The van der Waals surface area contributed by atoms with E-state index in [0.717, 1.165) is 6.42 Å². The summed E-state index contributed by atoms with van der Waals surface area (Å²) in [7, 11) is 0. The summed E-state index contributed by atoms with van der Waals surface area (Å²) in [6.45, 7) is 0.549. The highest BCUT2D eigenvalue weighted by Gasteiger charge is 2.33. The quantitative estimate of drug-likeness (QED) is 0.746. The Kier molecular flexibility index (Phi) is 4.73. The molecule has 4 rings (SSSR count). The molecule has 1 fully saturated rings. The van der Waals surface area contributed by atoms with Gasteiger partial charge in [0.25, 0.3) is 5.91 Å². The van der Waals surface area contributed by atoms with E-state index in [2.05, 4.69) is 9.97 Å². The van der Waals surface area contributed by atoms with Crippen molar-refractivity contribution in [2.45, 2.75) is 18.9 Å². The second kappa shape index (κ2) is 7.34. The average Bonchev–Trinajstić information content (AvgIpc) is 3.17. The number of nitrogens with zero attached hydrogens (tertiary/aromatic N) is 3. The van der Waals surface area contributed by atoms with Gasteiger partial charge in [-0.25, -0.2) is 18.7 Å². The Balaban J connectivity index is 1.74. The van der Waals surface area contributed by atoms with Crippen LogP contribution in [0.1, 0.15) is 34.9 Å². The fourth-order valence-electron chi connectivity index (χ4n) is 3.59. The Morgan fingerprint density at radius 1 is 1.11 bits per heavy atom. The van der Waals surface area contributed by atoms with Crippen LogP contribution in [0.3, 0.4) is 0 Å². The van der Waals surface area contributed by atoms with E-state index in [9.17, 15) is 13.6 Å². The molecule has 2 N–H and O–H groups in total. The lowest BCUT2D eigenvalue weighted by Crippen LogP contribution is -2.31. The monoisotopic (exact) mass is 380 g/mol. The van der Waals surface area contributed by atoms with E-state index in [1.165, 1.54) is 36.4 Å². The Bertz CT molecular complexity index is 1020. The molecule has 0 unspecified atom stereocenters. The standard InChI is InChI=1S/C21H18F2N4O/c22-15-8-6-13(7-9-15)20(28)27-10-2-5-18(27)19-17(12-25-21(24)26-19)14-3-1-4-16(23)11-14/h1,3-4,6-9,11-12,18H,2,5,10H2,(H2,24,25,26)/t18-/m1/s1. The van der Waals surface area contributed by atoms with Crippen molar-refractivity contribution < 1.29 is 13.6 Å². The van der Waals surface area contributed by atoms with Gasteiger partial charge in [0.05, 0.1) is 11.7 Å². The van der Waals surface area contributed by atoms with Gasteiger partial charge in [-0.1, -0.05) is 12.1 Å². The molecule has 5 nitrogen and oxygen atoms in total. The molecule has 1 amide bonds. The molecule has 1 atom stereocenters. The number of carbonyl (C=O) groups excluding carboxylic acids is 1. The lowest BCUT2D eigenvalue weighted by atomic mass is 9.99. The molecule has 7 heteroatoms. The topological polar surface area (TPSA) is 72.1 Å². The SMILES string of the molecule is Nc1ncc(-c2cccc(F)c2)c([C@H]2CCCN2C(=O)c2ccc(F)cc2)n1. The predicted molar refractivity (Wildman–Crippen MR) is 101 cm³/mol. The van der Waals surface area contributed by atoms with Crippen LogP contribution in [0, 0.1) is 11.6 Å². The second-order valence-corrected chi connectivity index (χ2v) is 6.70. The first-order valence-corrected chi connectivity index (χ1v) is 8.98. The molecular weight excluding hydrogens is 362 g/mol. The number of anilines is 1. The fourth-order valence-corrected chi connectivity index (χ4v) is 3.59. The number of hydrogen-bond donors (Lipinski definition) is 1. The number of aromatic nitrogens is 2. The lowest BCUT2D eigenvalue weighted by molar-refractivity contribution is 0.0733. The van der Waals surface area contributed by atoms with Crippen LogP contribution in [0.15, 0.2) is 54.7 Å². The highest BCUT2D eigenvalue weighted by atomic mass is 19.1. The summed E-state index contributed by atoms with van der Waals surface area (Å²) in [5.41, 5.74) is 8.06. The van der Waals surface area contributed by atoms with Crippen molar-refractivity contribution in [3.63, 3.8) is 0 Å². The molecule has 0 saturated carbocycles. The van der Waals surface area contributed by atoms with Crippen LogP contribution in [-0.4, -0.2) is 27.3 Å². The molecule has 0 spiro atoms. The minimum absolute atomic E-state index is 0.0937. The zero-order valence-electron chi connectivity index (χ0n) is 15.0. The summed E-state index contributed by atoms with van der Waals surface area (Å²) in [4.78, 5) is 23.1. The van der Waals surface area contributed by atoms with Gasteiger partial charge >= 0.3 is 0 Å². The van der Waals surface area contributed by atoms with Crippen molar-refractivity contribution in [3.05, 3.63) is 77.6 Å². The van der Waals surface area contributed by atoms with Crippen molar-refractivity contribution in [3.8, 4) is 11.1 Å². The molecule has 0 bridgehead atoms. The number of hydrogen-bond acceptors (Lipinski definition) is 4. The van der Waals surface area contributed by atoms with Crippen molar-refractivity contribution in [2.24, 2.45) is 0 Å². The van der Waals surface area contributed by atoms with Gasteiger partial charge in [0, 0.05) is 23.9 Å². The summed E-state index contributed by atoms with van der Waals surface area (Å²) in [5.74, 6) is -0.876. The number of nitrogen functional groups attached to an aromatic ring is 1. The number of amides is 1. The van der Waals surface area contributed by atoms with E-state index in [0.29, 0.717) is 35.3 Å². The van der Waals surface area contributed by atoms with E-state index in [1.807, 2.05) is 0 Å². The first-order valence-electron chi connectivity index (χ1n) is 8.98. The average molecular weight is 380 g/mol. The molecule has 1 aromatic heterocycles. The minimum atomic E-state index is -0.397. The van der Waals surface area contributed by atoms with Crippen LogP contribution in [0.5, 0.6) is 0 Å². The van der Waals surface area contributed by atoms with Crippen molar-refractivity contribution in [2.75, 3.05) is 12.3 Å². The van der Waals surface area contributed by atoms with E-state index in [4.69, 9.17) is 5.73 Å². The number of rotatable bonds is 3. The molecule has 28 heavy (non-hydrogen) atoms.